The molecular formula is C15H15ClOS. The van der Waals surface area contributed by atoms with Crippen molar-refractivity contribution in [1.82, 2.24) is 0 Å². The number of aryl methyl sites for hydroxylation is 2. The Morgan fingerprint density at radius 3 is 2.39 bits per heavy atom. The number of halogens is 1. The first kappa shape index (κ1) is 13.3. The Kier molecular flexibility index (Phi) is 4.20. The molecule has 1 heterocycles. The van der Waals surface area contributed by atoms with Crippen LogP contribution in [0.4, 0.5) is 0 Å². The molecule has 0 aliphatic heterocycles. The molecule has 0 atom stereocenters. The van der Waals surface area contributed by atoms with Crippen LogP contribution in [-0.2, 0) is 12.8 Å². The molecule has 0 radical (unpaired) electrons. The lowest BCUT2D eigenvalue weighted by Gasteiger charge is -2.07. The van der Waals surface area contributed by atoms with Crippen molar-refractivity contribution >= 4 is 28.7 Å². The first-order valence-electron chi connectivity index (χ1n) is 6.07. The van der Waals surface area contributed by atoms with Crippen LogP contribution in [0.3, 0.4) is 0 Å². The van der Waals surface area contributed by atoms with E-state index in [0.717, 1.165) is 18.4 Å². The van der Waals surface area contributed by atoms with Crippen LogP contribution in [0.1, 0.15) is 40.2 Å². The smallest absolute Gasteiger partial charge is 0.203 e. The highest BCUT2D eigenvalue weighted by Crippen LogP contribution is 2.25. The summed E-state index contributed by atoms with van der Waals surface area (Å²) in [6.45, 7) is 4.25. The number of hydrogen-bond donors (Lipinski definition) is 0. The van der Waals surface area contributed by atoms with Crippen LogP contribution in [-0.4, -0.2) is 5.78 Å². The van der Waals surface area contributed by atoms with Gasteiger partial charge in [0.05, 0.1) is 9.21 Å². The van der Waals surface area contributed by atoms with Gasteiger partial charge < -0.3 is 0 Å². The molecule has 1 aromatic heterocycles. The minimum absolute atomic E-state index is 0.0595. The predicted octanol–water partition coefficient (Wildman–Crippen LogP) is 4.76. The van der Waals surface area contributed by atoms with E-state index in [0.29, 0.717) is 9.21 Å². The zero-order chi connectivity index (χ0) is 13.1. The Bertz CT molecular complexity index is 572. The van der Waals surface area contributed by atoms with Crippen LogP contribution in [0.15, 0.2) is 30.3 Å². The molecular weight excluding hydrogens is 264 g/mol. The summed E-state index contributed by atoms with van der Waals surface area (Å²) in [5.41, 5.74) is 3.33. The number of ketones is 1. The fraction of sp³-hybridized carbons (Fsp3) is 0.267. The SMILES string of the molecule is CCc1ccc(C(=O)c2ccc(Cl)s2)cc1CC. The molecule has 0 unspecified atom stereocenters. The summed E-state index contributed by atoms with van der Waals surface area (Å²) in [4.78, 5) is 13.0. The number of thiophene rings is 1. The van der Waals surface area contributed by atoms with Gasteiger partial charge in [-0.3, -0.25) is 4.79 Å². The number of benzene rings is 1. The molecule has 94 valence electrons. The van der Waals surface area contributed by atoms with Crippen molar-refractivity contribution in [3.8, 4) is 0 Å². The quantitative estimate of drug-likeness (QED) is 0.737. The second-order valence-electron chi connectivity index (χ2n) is 4.12. The van der Waals surface area contributed by atoms with E-state index in [9.17, 15) is 4.79 Å². The number of carbonyl (C=O) groups excluding carboxylic acids is 1. The molecule has 0 spiro atoms. The average Bonchev–Trinajstić information content (AvgIpc) is 2.83. The fourth-order valence-electron chi connectivity index (χ4n) is 2.02. The summed E-state index contributed by atoms with van der Waals surface area (Å²) in [5.74, 6) is 0.0595. The van der Waals surface area contributed by atoms with Crippen LogP contribution in [0.2, 0.25) is 4.34 Å². The van der Waals surface area contributed by atoms with E-state index in [4.69, 9.17) is 11.6 Å². The van der Waals surface area contributed by atoms with Crippen molar-refractivity contribution in [2.75, 3.05) is 0 Å². The van der Waals surface area contributed by atoms with Crippen molar-refractivity contribution in [1.29, 1.82) is 0 Å². The Balaban J connectivity index is 2.36. The lowest BCUT2D eigenvalue weighted by Crippen LogP contribution is -2.01. The summed E-state index contributed by atoms with van der Waals surface area (Å²) >= 11 is 7.19. The van der Waals surface area contributed by atoms with Crippen molar-refractivity contribution < 1.29 is 4.79 Å². The van der Waals surface area contributed by atoms with Crippen LogP contribution >= 0.6 is 22.9 Å². The van der Waals surface area contributed by atoms with Gasteiger partial charge in [0.15, 0.2) is 0 Å². The molecule has 3 heteroatoms. The van der Waals surface area contributed by atoms with E-state index in [2.05, 4.69) is 19.9 Å². The molecule has 0 aliphatic carbocycles. The van der Waals surface area contributed by atoms with Gasteiger partial charge in [0.2, 0.25) is 5.78 Å². The molecule has 1 aromatic carbocycles. The van der Waals surface area contributed by atoms with Crippen molar-refractivity contribution in [2.45, 2.75) is 26.7 Å². The van der Waals surface area contributed by atoms with Crippen LogP contribution < -0.4 is 0 Å². The van der Waals surface area contributed by atoms with Gasteiger partial charge in [-0.25, -0.2) is 0 Å². The second-order valence-corrected chi connectivity index (χ2v) is 5.84. The van der Waals surface area contributed by atoms with Crippen LogP contribution in [0.5, 0.6) is 0 Å². The van der Waals surface area contributed by atoms with Gasteiger partial charge in [0, 0.05) is 5.56 Å². The molecule has 0 aliphatic rings. The lowest BCUT2D eigenvalue weighted by atomic mass is 9.98. The topological polar surface area (TPSA) is 17.1 Å². The maximum Gasteiger partial charge on any atom is 0.203 e. The van der Waals surface area contributed by atoms with E-state index in [1.165, 1.54) is 22.5 Å². The zero-order valence-electron chi connectivity index (χ0n) is 10.5. The second kappa shape index (κ2) is 5.68. The van der Waals surface area contributed by atoms with Crippen molar-refractivity contribution in [3.63, 3.8) is 0 Å². The third-order valence-electron chi connectivity index (χ3n) is 3.03. The highest BCUT2D eigenvalue weighted by Gasteiger charge is 2.12. The molecule has 18 heavy (non-hydrogen) atoms. The minimum atomic E-state index is 0.0595. The summed E-state index contributed by atoms with van der Waals surface area (Å²) in [6.07, 6.45) is 1.96. The third-order valence-corrected chi connectivity index (χ3v) is 4.26. The van der Waals surface area contributed by atoms with Gasteiger partial charge in [-0.15, -0.1) is 11.3 Å². The third kappa shape index (κ3) is 2.65. The van der Waals surface area contributed by atoms with E-state index in [-0.39, 0.29) is 5.78 Å². The minimum Gasteiger partial charge on any atom is -0.288 e. The normalized spacial score (nSPS) is 10.6. The predicted molar refractivity (Wildman–Crippen MR) is 78.0 cm³/mol. The molecule has 1 nitrogen and oxygen atoms in total. The summed E-state index contributed by atoms with van der Waals surface area (Å²) in [5, 5.41) is 0. The summed E-state index contributed by atoms with van der Waals surface area (Å²) < 4.78 is 0.652. The van der Waals surface area contributed by atoms with Crippen molar-refractivity contribution in [2.24, 2.45) is 0 Å². The molecule has 2 rings (SSSR count). The number of hydrogen-bond acceptors (Lipinski definition) is 2. The Labute approximate surface area is 116 Å². The van der Waals surface area contributed by atoms with E-state index in [1.54, 1.807) is 12.1 Å². The largest absolute Gasteiger partial charge is 0.288 e. The fourth-order valence-corrected chi connectivity index (χ4v) is 3.02. The van der Waals surface area contributed by atoms with Crippen LogP contribution in [0, 0.1) is 0 Å². The summed E-state index contributed by atoms with van der Waals surface area (Å²) in [6, 6.07) is 9.53. The van der Waals surface area contributed by atoms with Gasteiger partial charge in [-0.1, -0.05) is 37.6 Å². The monoisotopic (exact) mass is 278 g/mol. The van der Waals surface area contributed by atoms with Crippen molar-refractivity contribution in [3.05, 3.63) is 56.2 Å². The van der Waals surface area contributed by atoms with Gasteiger partial charge >= 0.3 is 0 Å². The highest BCUT2D eigenvalue weighted by atomic mass is 35.5. The first-order valence-corrected chi connectivity index (χ1v) is 7.27. The molecule has 0 amide bonds. The van der Waals surface area contributed by atoms with E-state index in [1.807, 2.05) is 12.1 Å². The maximum atomic E-state index is 12.3. The standard InChI is InChI=1S/C15H15ClOS/c1-3-10-5-6-12(9-11(10)4-2)15(17)13-7-8-14(16)18-13/h5-9H,3-4H2,1-2H3. The molecule has 0 bridgehead atoms. The molecule has 0 N–H and O–H groups in total. The molecule has 2 aromatic rings. The Morgan fingerprint density at radius 2 is 1.83 bits per heavy atom. The number of carbonyl (C=O) groups is 1. The number of rotatable bonds is 4. The van der Waals surface area contributed by atoms with Gasteiger partial charge in [0.25, 0.3) is 0 Å². The first-order chi connectivity index (χ1) is 8.65. The Morgan fingerprint density at radius 1 is 1.11 bits per heavy atom. The average molecular weight is 279 g/mol. The molecule has 0 saturated heterocycles. The lowest BCUT2D eigenvalue weighted by molar-refractivity contribution is 0.104. The van der Waals surface area contributed by atoms with E-state index >= 15 is 0 Å². The van der Waals surface area contributed by atoms with Gasteiger partial charge in [0.1, 0.15) is 0 Å². The molecule has 0 saturated carbocycles. The van der Waals surface area contributed by atoms with Crippen LogP contribution in [0.25, 0.3) is 0 Å². The van der Waals surface area contributed by atoms with Gasteiger partial charge in [-0.2, -0.15) is 0 Å². The zero-order valence-corrected chi connectivity index (χ0v) is 12.1. The summed E-state index contributed by atoms with van der Waals surface area (Å²) in [7, 11) is 0. The molecule has 0 fully saturated rings. The Hall–Kier alpha value is -1.12. The van der Waals surface area contributed by atoms with E-state index < -0.39 is 0 Å². The van der Waals surface area contributed by atoms with Gasteiger partial charge in [-0.05, 0) is 42.2 Å². The maximum absolute atomic E-state index is 12.3. The highest BCUT2D eigenvalue weighted by molar-refractivity contribution is 7.18.